The average Bonchev–Trinajstić information content (AvgIpc) is 2.77. The second kappa shape index (κ2) is 4.18. The van der Waals surface area contributed by atoms with Crippen LogP contribution < -0.4 is 0 Å². The summed E-state index contributed by atoms with van der Waals surface area (Å²) in [6, 6.07) is 0. The van der Waals surface area contributed by atoms with E-state index in [1.807, 2.05) is 0 Å². The van der Waals surface area contributed by atoms with Crippen LogP contribution in [0.15, 0.2) is 0 Å². The Hall–Kier alpha value is 0.375. The second-order valence-corrected chi connectivity index (χ2v) is 8.06. The lowest BCUT2D eigenvalue weighted by molar-refractivity contribution is 0.00578. The normalized spacial score (nSPS) is 42.5. The van der Waals surface area contributed by atoms with Crippen LogP contribution in [0.25, 0.3) is 0 Å². The van der Waals surface area contributed by atoms with Crippen molar-refractivity contribution in [2.45, 2.75) is 57.6 Å². The van der Waals surface area contributed by atoms with Crippen molar-refractivity contribution in [1.82, 2.24) is 4.67 Å². The Morgan fingerprint density at radius 3 is 1.89 bits per heavy atom. The molecule has 3 nitrogen and oxygen atoms in total. The highest BCUT2D eigenvalue weighted by atomic mass is 31.0. The van der Waals surface area contributed by atoms with Gasteiger partial charge in [-0.15, -0.1) is 0 Å². The summed E-state index contributed by atoms with van der Waals surface area (Å²) in [4.78, 5) is 0. The molecule has 2 saturated heterocycles. The fourth-order valence-electron chi connectivity index (χ4n) is 3.69. The Kier molecular flexibility index (Phi) is 3.10. The molecule has 3 unspecified atom stereocenters. The number of fused-ring (bicyclic) bond motifs is 1. The van der Waals surface area contributed by atoms with Gasteiger partial charge < -0.3 is 9.31 Å². The van der Waals surface area contributed by atoms with Crippen molar-refractivity contribution in [3.8, 4) is 0 Å². The van der Waals surface area contributed by atoms with Gasteiger partial charge in [0.1, 0.15) is 0 Å². The van der Waals surface area contributed by atoms with Gasteiger partial charge in [0.05, 0.1) is 11.2 Å². The van der Waals surface area contributed by atoms with Crippen molar-refractivity contribution in [2.75, 3.05) is 13.1 Å². The molecule has 0 N–H and O–H groups in total. The zero-order valence-corrected chi connectivity index (χ0v) is 13.1. The lowest BCUT2D eigenvalue weighted by Crippen LogP contribution is -2.41. The molecule has 5 heteroatoms. The Balaban J connectivity index is 1.66. The van der Waals surface area contributed by atoms with Crippen LogP contribution in [0.5, 0.6) is 0 Å². The molecule has 0 aromatic carbocycles. The van der Waals surface area contributed by atoms with Gasteiger partial charge in [-0.2, -0.15) is 0 Å². The summed E-state index contributed by atoms with van der Waals surface area (Å²) in [7, 11) is 2.86. The molecule has 1 saturated carbocycles. The van der Waals surface area contributed by atoms with Crippen LogP contribution in [-0.2, 0) is 9.31 Å². The maximum atomic E-state index is 6.20. The molecule has 18 heavy (non-hydrogen) atoms. The third-order valence-corrected chi connectivity index (χ3v) is 5.89. The molecule has 0 bridgehead atoms. The van der Waals surface area contributed by atoms with Crippen molar-refractivity contribution in [1.29, 1.82) is 0 Å². The first-order chi connectivity index (χ1) is 8.28. The van der Waals surface area contributed by atoms with Gasteiger partial charge in [-0.25, -0.2) is 0 Å². The summed E-state index contributed by atoms with van der Waals surface area (Å²) in [5.74, 6) is 2.30. The smallest absolute Gasteiger partial charge is 0.403 e. The van der Waals surface area contributed by atoms with Gasteiger partial charge in [-0.3, -0.25) is 4.67 Å². The summed E-state index contributed by atoms with van der Waals surface area (Å²) in [5, 5.41) is 0. The second-order valence-electron chi connectivity index (χ2n) is 7.33. The van der Waals surface area contributed by atoms with Crippen LogP contribution in [0.4, 0.5) is 0 Å². The van der Waals surface area contributed by atoms with Crippen LogP contribution in [0.2, 0.25) is 5.82 Å². The topological polar surface area (TPSA) is 21.7 Å². The largest absolute Gasteiger partial charge is 0.461 e. The van der Waals surface area contributed by atoms with Gasteiger partial charge in [-0.05, 0) is 58.2 Å². The van der Waals surface area contributed by atoms with E-state index < -0.39 is 0 Å². The van der Waals surface area contributed by atoms with E-state index in [0.717, 1.165) is 11.8 Å². The molecule has 3 aliphatic rings. The minimum absolute atomic E-state index is 0.0126. The summed E-state index contributed by atoms with van der Waals surface area (Å²) in [5.41, 5.74) is -0.357. The monoisotopic (exact) mass is 269 g/mol. The van der Waals surface area contributed by atoms with E-state index in [-0.39, 0.29) is 18.3 Å². The highest BCUT2D eigenvalue weighted by Crippen LogP contribution is 2.50. The maximum absolute atomic E-state index is 6.20. The molecule has 2 heterocycles. The Bertz CT molecular complexity index is 320. The van der Waals surface area contributed by atoms with Crippen LogP contribution in [-0.4, -0.2) is 36.1 Å². The first-order valence-corrected chi connectivity index (χ1v) is 7.65. The van der Waals surface area contributed by atoms with Crippen LogP contribution in [0.3, 0.4) is 0 Å². The number of hydrogen-bond donors (Lipinski definition) is 0. The summed E-state index contributed by atoms with van der Waals surface area (Å²) >= 11 is 0. The molecule has 0 aromatic heterocycles. The van der Waals surface area contributed by atoms with E-state index in [4.69, 9.17) is 9.31 Å². The highest BCUT2D eigenvalue weighted by Gasteiger charge is 2.56. The van der Waals surface area contributed by atoms with E-state index >= 15 is 0 Å². The van der Waals surface area contributed by atoms with Gasteiger partial charge in [0.2, 0.25) is 0 Å². The molecular weight excluding hydrogens is 244 g/mol. The Morgan fingerprint density at radius 1 is 1.00 bits per heavy atom. The minimum Gasteiger partial charge on any atom is -0.403 e. The lowest BCUT2D eigenvalue weighted by atomic mass is 9.70. The van der Waals surface area contributed by atoms with Crippen LogP contribution in [0.1, 0.15) is 40.5 Å². The van der Waals surface area contributed by atoms with E-state index in [9.17, 15) is 0 Å². The van der Waals surface area contributed by atoms with Crippen LogP contribution in [0, 0.1) is 11.8 Å². The fourth-order valence-corrected chi connectivity index (χ4v) is 4.23. The van der Waals surface area contributed by atoms with Gasteiger partial charge >= 0.3 is 7.12 Å². The molecule has 0 spiro atoms. The first kappa shape index (κ1) is 13.4. The van der Waals surface area contributed by atoms with Gasteiger partial charge in [-0.1, -0.05) is 9.39 Å². The third-order valence-electron chi connectivity index (χ3n) is 5.47. The standard InChI is InChI=1S/C13H25BNO2P/c1-12(2)13(3,4)17-14(16-12)11-5-9-7-15(18)8-10(9)6-11/h9-11H,5-8,18H2,1-4H3. The number of nitrogens with zero attached hydrogens (tertiary/aromatic N) is 1. The summed E-state index contributed by atoms with van der Waals surface area (Å²) in [6.07, 6.45) is 2.54. The molecule has 3 atom stereocenters. The zero-order chi connectivity index (χ0) is 13.1. The molecule has 0 aromatic rings. The quantitative estimate of drug-likeness (QED) is 0.539. The summed E-state index contributed by atoms with van der Waals surface area (Å²) in [6.45, 7) is 11.0. The minimum atomic E-state index is -0.179. The van der Waals surface area contributed by atoms with E-state index in [1.54, 1.807) is 0 Å². The van der Waals surface area contributed by atoms with E-state index in [0.29, 0.717) is 5.82 Å². The SMILES string of the molecule is CC1(C)OB(C2CC3CN(P)CC3C2)OC1(C)C. The molecule has 3 rings (SSSR count). The molecule has 3 fully saturated rings. The summed E-state index contributed by atoms with van der Waals surface area (Å²) < 4.78 is 14.8. The molecule has 0 amide bonds. The third kappa shape index (κ3) is 2.06. The van der Waals surface area contributed by atoms with Gasteiger partial charge in [0.15, 0.2) is 0 Å². The number of hydrogen-bond acceptors (Lipinski definition) is 3. The molecule has 102 valence electrons. The van der Waals surface area contributed by atoms with Gasteiger partial charge in [0, 0.05) is 13.1 Å². The van der Waals surface area contributed by atoms with Crippen LogP contribution >= 0.6 is 9.39 Å². The van der Waals surface area contributed by atoms with Crippen molar-refractivity contribution in [3.63, 3.8) is 0 Å². The predicted octanol–water partition coefficient (Wildman–Crippen LogP) is 2.58. The lowest BCUT2D eigenvalue weighted by Gasteiger charge is -2.32. The van der Waals surface area contributed by atoms with Crippen molar-refractivity contribution in [2.24, 2.45) is 11.8 Å². The highest BCUT2D eigenvalue weighted by molar-refractivity contribution is 7.13. The Labute approximate surface area is 113 Å². The van der Waals surface area contributed by atoms with Crippen molar-refractivity contribution in [3.05, 3.63) is 0 Å². The van der Waals surface area contributed by atoms with E-state index in [2.05, 4.69) is 41.8 Å². The first-order valence-electron chi connectivity index (χ1n) is 7.14. The van der Waals surface area contributed by atoms with Gasteiger partial charge in [0.25, 0.3) is 0 Å². The molecule has 2 aliphatic heterocycles. The zero-order valence-electron chi connectivity index (χ0n) is 12.0. The molecular formula is C13H25BNO2P. The van der Waals surface area contributed by atoms with E-state index in [1.165, 1.54) is 25.9 Å². The Morgan fingerprint density at radius 2 is 1.44 bits per heavy atom. The van der Waals surface area contributed by atoms with Crippen molar-refractivity contribution >= 4 is 16.5 Å². The number of rotatable bonds is 1. The fraction of sp³-hybridized carbons (Fsp3) is 1.00. The average molecular weight is 269 g/mol. The molecule has 0 radical (unpaired) electrons. The van der Waals surface area contributed by atoms with Crippen molar-refractivity contribution < 1.29 is 9.31 Å². The predicted molar refractivity (Wildman–Crippen MR) is 77.3 cm³/mol. The molecule has 1 aliphatic carbocycles. The maximum Gasteiger partial charge on any atom is 0.461 e.